The Kier molecular flexibility index (Phi) is 5.48. The zero-order valence-corrected chi connectivity index (χ0v) is 17.0. The molecular weight excluding hydrogens is 390 g/mol. The van der Waals surface area contributed by atoms with E-state index >= 15 is 0 Å². The van der Waals surface area contributed by atoms with Crippen LogP contribution < -0.4 is 9.46 Å². The molecule has 2 aromatic carbocycles. The van der Waals surface area contributed by atoms with Crippen molar-refractivity contribution in [2.45, 2.75) is 42.9 Å². The minimum atomic E-state index is -3.72. The average Bonchev–Trinajstić information content (AvgIpc) is 3.29. The molecule has 1 fully saturated rings. The predicted molar refractivity (Wildman–Crippen MR) is 109 cm³/mol. The van der Waals surface area contributed by atoms with Gasteiger partial charge in [-0.1, -0.05) is 31.4 Å². The first-order chi connectivity index (χ1) is 14.1. The molecule has 1 heterocycles. The zero-order valence-electron chi connectivity index (χ0n) is 16.2. The van der Waals surface area contributed by atoms with Gasteiger partial charge in [-0.15, -0.1) is 5.10 Å². The number of benzene rings is 2. The Bertz CT molecular complexity index is 1060. The number of ether oxygens (including phenoxy) is 1. The van der Waals surface area contributed by atoms with Crippen molar-refractivity contribution < 1.29 is 13.2 Å². The van der Waals surface area contributed by atoms with E-state index in [0.29, 0.717) is 23.0 Å². The number of aromatic nitrogens is 4. The smallest absolute Gasteiger partial charge is 0.261 e. The number of sulfonamides is 1. The monoisotopic (exact) mass is 413 g/mol. The van der Waals surface area contributed by atoms with E-state index in [0.717, 1.165) is 0 Å². The molecule has 0 saturated heterocycles. The quantitative estimate of drug-likeness (QED) is 0.664. The number of hydrogen-bond donors (Lipinski definition) is 1. The zero-order chi connectivity index (χ0) is 20.3. The summed E-state index contributed by atoms with van der Waals surface area (Å²) in [6.07, 6.45) is 7.55. The highest BCUT2D eigenvalue weighted by molar-refractivity contribution is 7.92. The SMILES string of the molecule is COc1ccc(NS(=O)(=O)c2ccc(C3CCCCC3)cc2)cc1-n1cnnn1. The van der Waals surface area contributed by atoms with Gasteiger partial charge in [0.2, 0.25) is 0 Å². The molecule has 1 aliphatic carbocycles. The van der Waals surface area contributed by atoms with Crippen molar-refractivity contribution in [2.75, 3.05) is 11.8 Å². The molecule has 152 valence electrons. The number of rotatable bonds is 6. The molecule has 0 spiro atoms. The number of anilines is 1. The number of nitrogens with one attached hydrogen (secondary N) is 1. The number of methoxy groups -OCH3 is 1. The summed E-state index contributed by atoms with van der Waals surface area (Å²) >= 11 is 0. The second-order valence-corrected chi connectivity index (χ2v) is 8.83. The molecule has 29 heavy (non-hydrogen) atoms. The van der Waals surface area contributed by atoms with Crippen LogP contribution in [0.1, 0.15) is 43.6 Å². The summed E-state index contributed by atoms with van der Waals surface area (Å²) in [6.45, 7) is 0. The molecule has 0 aliphatic heterocycles. The van der Waals surface area contributed by atoms with Crippen molar-refractivity contribution in [3.05, 3.63) is 54.4 Å². The van der Waals surface area contributed by atoms with E-state index in [2.05, 4.69) is 20.2 Å². The second kappa shape index (κ2) is 8.20. The van der Waals surface area contributed by atoms with Crippen molar-refractivity contribution in [2.24, 2.45) is 0 Å². The van der Waals surface area contributed by atoms with Gasteiger partial charge in [0.15, 0.2) is 0 Å². The highest BCUT2D eigenvalue weighted by Gasteiger charge is 2.19. The van der Waals surface area contributed by atoms with Gasteiger partial charge >= 0.3 is 0 Å². The van der Waals surface area contributed by atoms with Crippen LogP contribution in [0, 0.1) is 0 Å². The van der Waals surface area contributed by atoms with Crippen LogP contribution in [0.15, 0.2) is 53.7 Å². The van der Waals surface area contributed by atoms with E-state index < -0.39 is 10.0 Å². The van der Waals surface area contributed by atoms with Gasteiger partial charge in [-0.2, -0.15) is 4.68 Å². The molecule has 0 atom stereocenters. The fourth-order valence-corrected chi connectivity index (χ4v) is 4.82. The lowest BCUT2D eigenvalue weighted by molar-refractivity contribution is 0.411. The van der Waals surface area contributed by atoms with Crippen LogP contribution in [-0.2, 0) is 10.0 Å². The Morgan fingerprint density at radius 3 is 2.48 bits per heavy atom. The van der Waals surface area contributed by atoms with Crippen molar-refractivity contribution >= 4 is 15.7 Å². The molecule has 0 unspecified atom stereocenters. The van der Waals surface area contributed by atoms with Crippen LogP contribution in [0.4, 0.5) is 5.69 Å². The Morgan fingerprint density at radius 2 is 1.83 bits per heavy atom. The first-order valence-electron chi connectivity index (χ1n) is 9.61. The second-order valence-electron chi connectivity index (χ2n) is 7.15. The van der Waals surface area contributed by atoms with Gasteiger partial charge < -0.3 is 4.74 Å². The molecule has 1 aliphatic rings. The molecule has 3 aromatic rings. The third-order valence-corrected chi connectivity index (χ3v) is 6.69. The molecule has 9 heteroatoms. The van der Waals surface area contributed by atoms with E-state index in [-0.39, 0.29) is 4.90 Å². The first-order valence-corrected chi connectivity index (χ1v) is 11.1. The lowest BCUT2D eigenvalue weighted by Gasteiger charge is -2.22. The molecule has 1 N–H and O–H groups in total. The fraction of sp³-hybridized carbons (Fsp3) is 0.350. The van der Waals surface area contributed by atoms with Crippen LogP contribution >= 0.6 is 0 Å². The summed E-state index contributed by atoms with van der Waals surface area (Å²) in [5, 5.41) is 11.1. The summed E-state index contributed by atoms with van der Waals surface area (Å²) in [7, 11) is -2.19. The molecule has 4 rings (SSSR count). The van der Waals surface area contributed by atoms with E-state index in [1.165, 1.54) is 55.8 Å². The van der Waals surface area contributed by atoms with Crippen molar-refractivity contribution in [1.29, 1.82) is 0 Å². The van der Waals surface area contributed by atoms with E-state index in [4.69, 9.17) is 4.74 Å². The van der Waals surface area contributed by atoms with Gasteiger partial charge in [0, 0.05) is 0 Å². The number of tetrazole rings is 1. The lowest BCUT2D eigenvalue weighted by atomic mass is 9.84. The normalized spacial score (nSPS) is 15.2. The predicted octanol–water partition coefficient (Wildman–Crippen LogP) is 3.52. The molecule has 8 nitrogen and oxygen atoms in total. The maximum absolute atomic E-state index is 12.9. The molecular formula is C20H23N5O3S. The Balaban J connectivity index is 1.56. The third-order valence-electron chi connectivity index (χ3n) is 5.29. The van der Waals surface area contributed by atoms with Crippen LogP contribution in [0.25, 0.3) is 5.69 Å². The van der Waals surface area contributed by atoms with Crippen LogP contribution in [-0.4, -0.2) is 35.7 Å². The number of nitrogens with zero attached hydrogens (tertiary/aromatic N) is 4. The lowest BCUT2D eigenvalue weighted by Crippen LogP contribution is -2.14. The van der Waals surface area contributed by atoms with E-state index in [9.17, 15) is 8.42 Å². The van der Waals surface area contributed by atoms with E-state index in [1.54, 1.807) is 30.3 Å². The van der Waals surface area contributed by atoms with Gasteiger partial charge in [0.1, 0.15) is 17.8 Å². The Labute approximate surface area is 170 Å². The maximum Gasteiger partial charge on any atom is 0.261 e. The van der Waals surface area contributed by atoms with Crippen molar-refractivity contribution in [1.82, 2.24) is 20.2 Å². The highest BCUT2D eigenvalue weighted by Crippen LogP contribution is 2.33. The summed E-state index contributed by atoms with van der Waals surface area (Å²) in [4.78, 5) is 0.233. The van der Waals surface area contributed by atoms with Crippen molar-refractivity contribution in [3.63, 3.8) is 0 Å². The van der Waals surface area contributed by atoms with Gasteiger partial charge in [0.05, 0.1) is 17.7 Å². The first kappa shape index (κ1) is 19.4. The van der Waals surface area contributed by atoms with Gasteiger partial charge in [-0.05, 0) is 65.1 Å². The molecule has 1 saturated carbocycles. The standard InChI is InChI=1S/C20H23N5O3S/c1-28-20-12-9-17(13-19(20)25-14-21-23-24-25)22-29(26,27)18-10-7-16(8-11-18)15-5-3-2-4-6-15/h7-15,22H,2-6H2,1H3. The van der Waals surface area contributed by atoms with Crippen LogP contribution in [0.2, 0.25) is 0 Å². The molecule has 0 radical (unpaired) electrons. The summed E-state index contributed by atoms with van der Waals surface area (Å²) in [6, 6.07) is 12.2. The fourth-order valence-electron chi connectivity index (χ4n) is 3.77. The minimum Gasteiger partial charge on any atom is -0.494 e. The molecule has 0 bridgehead atoms. The van der Waals surface area contributed by atoms with Crippen LogP contribution in [0.5, 0.6) is 5.75 Å². The highest BCUT2D eigenvalue weighted by atomic mass is 32.2. The van der Waals surface area contributed by atoms with Gasteiger partial charge in [0.25, 0.3) is 10.0 Å². The summed E-state index contributed by atoms with van der Waals surface area (Å²) in [5.41, 5.74) is 2.15. The Hall–Kier alpha value is -2.94. The number of hydrogen-bond acceptors (Lipinski definition) is 6. The van der Waals surface area contributed by atoms with Crippen molar-refractivity contribution in [3.8, 4) is 11.4 Å². The van der Waals surface area contributed by atoms with Gasteiger partial charge in [-0.25, -0.2) is 8.42 Å². The summed E-state index contributed by atoms with van der Waals surface area (Å²) < 4.78 is 35.1. The third kappa shape index (κ3) is 4.24. The average molecular weight is 414 g/mol. The maximum atomic E-state index is 12.9. The van der Waals surface area contributed by atoms with Crippen LogP contribution in [0.3, 0.4) is 0 Å². The molecule has 0 amide bonds. The largest absolute Gasteiger partial charge is 0.494 e. The summed E-state index contributed by atoms with van der Waals surface area (Å²) in [5.74, 6) is 1.06. The van der Waals surface area contributed by atoms with Gasteiger partial charge in [-0.3, -0.25) is 4.72 Å². The van der Waals surface area contributed by atoms with E-state index in [1.807, 2.05) is 12.1 Å². The molecule has 1 aromatic heterocycles. The topological polar surface area (TPSA) is 99.0 Å². The minimum absolute atomic E-state index is 0.233. The Morgan fingerprint density at radius 1 is 1.07 bits per heavy atom.